The fourth-order valence-corrected chi connectivity index (χ4v) is 1.18. The van der Waals surface area contributed by atoms with E-state index in [0.29, 0.717) is 0 Å². The van der Waals surface area contributed by atoms with Crippen molar-refractivity contribution in [1.29, 1.82) is 0 Å². The predicted octanol–water partition coefficient (Wildman–Crippen LogP) is 2.21. The molecule has 0 saturated carbocycles. The quantitative estimate of drug-likeness (QED) is 0.842. The van der Waals surface area contributed by atoms with Gasteiger partial charge in [-0.05, 0) is 17.7 Å². The van der Waals surface area contributed by atoms with E-state index in [1.807, 2.05) is 0 Å². The van der Waals surface area contributed by atoms with E-state index in [2.05, 4.69) is 0 Å². The number of aliphatic hydroxyl groups is 1. The lowest BCUT2D eigenvalue weighted by Gasteiger charge is -2.10. The van der Waals surface area contributed by atoms with Crippen molar-refractivity contribution in [3.63, 3.8) is 0 Å². The van der Waals surface area contributed by atoms with E-state index < -0.39 is 30.2 Å². The molecule has 88 valence electrons. The Kier molecular flexibility index (Phi) is 3.54. The molecule has 1 aromatic carbocycles. The maximum atomic E-state index is 12.2. The Morgan fingerprint density at radius 1 is 1.25 bits per heavy atom. The van der Waals surface area contributed by atoms with Gasteiger partial charge >= 0.3 is 12.1 Å². The second-order valence-electron chi connectivity index (χ2n) is 3.23. The Balaban J connectivity index is 2.83. The van der Waals surface area contributed by atoms with Crippen molar-refractivity contribution in [2.75, 3.05) is 0 Å². The van der Waals surface area contributed by atoms with Crippen molar-refractivity contribution in [2.45, 2.75) is 18.7 Å². The van der Waals surface area contributed by atoms with Crippen LogP contribution >= 0.6 is 0 Å². The molecule has 0 aliphatic rings. The van der Waals surface area contributed by atoms with Crippen LogP contribution in [0, 0.1) is 0 Å². The maximum Gasteiger partial charge on any atom is 0.416 e. The lowest BCUT2D eigenvalue weighted by Crippen LogP contribution is -2.07. The second kappa shape index (κ2) is 4.52. The molecule has 1 aromatic rings. The summed E-state index contributed by atoms with van der Waals surface area (Å²) in [5.74, 6) is -1.22. The minimum Gasteiger partial charge on any atom is -0.481 e. The molecular weight excluding hydrogens is 225 g/mol. The lowest BCUT2D eigenvalue weighted by molar-refractivity contribution is -0.140. The average Bonchev–Trinajstić information content (AvgIpc) is 2.15. The smallest absolute Gasteiger partial charge is 0.416 e. The Morgan fingerprint density at radius 3 is 2.12 bits per heavy atom. The van der Waals surface area contributed by atoms with E-state index in [1.165, 1.54) is 0 Å². The highest BCUT2D eigenvalue weighted by Gasteiger charge is 2.30. The van der Waals surface area contributed by atoms with Crippen molar-refractivity contribution < 1.29 is 28.2 Å². The minimum atomic E-state index is -4.43. The number of aliphatic hydroxyl groups excluding tert-OH is 1. The molecule has 1 rings (SSSR count). The van der Waals surface area contributed by atoms with Gasteiger partial charge in [0.15, 0.2) is 0 Å². The molecule has 1 atom stereocenters. The van der Waals surface area contributed by atoms with E-state index in [9.17, 15) is 23.1 Å². The molecule has 0 radical (unpaired) electrons. The van der Waals surface area contributed by atoms with Crippen LogP contribution in [0.5, 0.6) is 0 Å². The van der Waals surface area contributed by atoms with Gasteiger partial charge < -0.3 is 10.2 Å². The summed E-state index contributed by atoms with van der Waals surface area (Å²) in [5, 5.41) is 17.7. The number of halogens is 3. The van der Waals surface area contributed by atoms with Crippen LogP contribution in [0.3, 0.4) is 0 Å². The molecular formula is C10H9F3O3. The van der Waals surface area contributed by atoms with Crippen LogP contribution in [0.4, 0.5) is 13.2 Å². The lowest BCUT2D eigenvalue weighted by atomic mass is 10.0. The first-order valence-electron chi connectivity index (χ1n) is 4.37. The number of alkyl halides is 3. The second-order valence-corrected chi connectivity index (χ2v) is 3.23. The molecule has 16 heavy (non-hydrogen) atoms. The number of hydrogen-bond acceptors (Lipinski definition) is 2. The zero-order valence-corrected chi connectivity index (χ0v) is 8.03. The molecule has 0 spiro atoms. The van der Waals surface area contributed by atoms with Crippen molar-refractivity contribution in [3.05, 3.63) is 35.4 Å². The average molecular weight is 234 g/mol. The van der Waals surface area contributed by atoms with E-state index in [1.54, 1.807) is 0 Å². The van der Waals surface area contributed by atoms with Crippen LogP contribution in [-0.4, -0.2) is 16.2 Å². The van der Waals surface area contributed by atoms with Crippen LogP contribution in [0.15, 0.2) is 24.3 Å². The molecule has 0 saturated heterocycles. The summed E-state index contributed by atoms with van der Waals surface area (Å²) in [4.78, 5) is 10.3. The van der Waals surface area contributed by atoms with Crippen molar-refractivity contribution in [1.82, 2.24) is 0 Å². The van der Waals surface area contributed by atoms with Crippen LogP contribution in [-0.2, 0) is 11.0 Å². The van der Waals surface area contributed by atoms with Gasteiger partial charge in [0.1, 0.15) is 0 Å². The number of rotatable bonds is 3. The number of carboxylic acid groups (broad SMARTS) is 1. The highest BCUT2D eigenvalue weighted by molar-refractivity contribution is 5.67. The SMILES string of the molecule is O=C(O)CC(O)c1ccc(C(F)(F)F)cc1. The van der Waals surface area contributed by atoms with Gasteiger partial charge in [-0.25, -0.2) is 0 Å². The maximum absolute atomic E-state index is 12.2. The molecule has 0 aromatic heterocycles. The fraction of sp³-hybridized carbons (Fsp3) is 0.300. The molecule has 0 aliphatic carbocycles. The number of aliphatic carboxylic acids is 1. The highest BCUT2D eigenvalue weighted by atomic mass is 19.4. The number of carbonyl (C=O) groups is 1. The van der Waals surface area contributed by atoms with Gasteiger partial charge in [-0.1, -0.05) is 12.1 Å². The number of benzene rings is 1. The Hall–Kier alpha value is -1.56. The first kappa shape index (κ1) is 12.5. The molecule has 0 fully saturated rings. The molecule has 0 aliphatic heterocycles. The largest absolute Gasteiger partial charge is 0.481 e. The molecule has 2 N–H and O–H groups in total. The van der Waals surface area contributed by atoms with Gasteiger partial charge in [0.05, 0.1) is 18.1 Å². The molecule has 3 nitrogen and oxygen atoms in total. The number of carboxylic acids is 1. The van der Waals surface area contributed by atoms with E-state index in [0.717, 1.165) is 24.3 Å². The summed E-state index contributed by atoms with van der Waals surface area (Å²) >= 11 is 0. The van der Waals surface area contributed by atoms with E-state index >= 15 is 0 Å². The van der Waals surface area contributed by atoms with Crippen molar-refractivity contribution in [3.8, 4) is 0 Å². The Morgan fingerprint density at radius 2 is 1.75 bits per heavy atom. The third-order valence-corrected chi connectivity index (χ3v) is 1.99. The first-order chi connectivity index (χ1) is 7.30. The zero-order chi connectivity index (χ0) is 12.3. The topological polar surface area (TPSA) is 57.5 Å². The van der Waals surface area contributed by atoms with Gasteiger partial charge in [-0.3, -0.25) is 4.79 Å². The molecule has 0 amide bonds. The van der Waals surface area contributed by atoms with Crippen LogP contribution < -0.4 is 0 Å². The third-order valence-electron chi connectivity index (χ3n) is 1.99. The number of hydrogen-bond donors (Lipinski definition) is 2. The molecule has 6 heteroatoms. The Labute approximate surface area is 89.1 Å². The summed E-state index contributed by atoms with van der Waals surface area (Å²) in [5.41, 5.74) is -0.686. The normalized spacial score (nSPS) is 13.5. The monoisotopic (exact) mass is 234 g/mol. The molecule has 0 bridgehead atoms. The van der Waals surface area contributed by atoms with Crippen LogP contribution in [0.2, 0.25) is 0 Å². The standard InChI is InChI=1S/C10H9F3O3/c11-10(12,13)7-3-1-6(2-4-7)8(14)5-9(15)16/h1-4,8,14H,5H2,(H,15,16). The summed E-state index contributed by atoms with van der Waals surface area (Å²) < 4.78 is 36.5. The summed E-state index contributed by atoms with van der Waals surface area (Å²) in [6.07, 6.45) is -6.26. The summed E-state index contributed by atoms with van der Waals surface area (Å²) in [7, 11) is 0. The van der Waals surface area contributed by atoms with E-state index in [-0.39, 0.29) is 5.56 Å². The van der Waals surface area contributed by atoms with Gasteiger partial charge in [0.2, 0.25) is 0 Å². The third kappa shape index (κ3) is 3.23. The van der Waals surface area contributed by atoms with Gasteiger partial charge in [0.25, 0.3) is 0 Å². The highest BCUT2D eigenvalue weighted by Crippen LogP contribution is 2.30. The molecule has 0 heterocycles. The van der Waals surface area contributed by atoms with Crippen LogP contribution in [0.25, 0.3) is 0 Å². The minimum absolute atomic E-state index is 0.149. The fourth-order valence-electron chi connectivity index (χ4n) is 1.18. The van der Waals surface area contributed by atoms with Crippen molar-refractivity contribution >= 4 is 5.97 Å². The van der Waals surface area contributed by atoms with Gasteiger partial charge in [0, 0.05) is 0 Å². The Bertz CT molecular complexity index is 370. The summed E-state index contributed by atoms with van der Waals surface area (Å²) in [6, 6.07) is 3.74. The van der Waals surface area contributed by atoms with Gasteiger partial charge in [-0.15, -0.1) is 0 Å². The molecule has 1 unspecified atom stereocenters. The van der Waals surface area contributed by atoms with Crippen LogP contribution in [0.1, 0.15) is 23.7 Å². The van der Waals surface area contributed by atoms with Gasteiger partial charge in [-0.2, -0.15) is 13.2 Å². The zero-order valence-electron chi connectivity index (χ0n) is 8.03. The van der Waals surface area contributed by atoms with Crippen molar-refractivity contribution in [2.24, 2.45) is 0 Å². The first-order valence-corrected chi connectivity index (χ1v) is 4.37. The van der Waals surface area contributed by atoms with E-state index in [4.69, 9.17) is 5.11 Å². The predicted molar refractivity (Wildman–Crippen MR) is 48.7 cm³/mol. The summed E-state index contributed by atoms with van der Waals surface area (Å²) in [6.45, 7) is 0.